The lowest BCUT2D eigenvalue weighted by molar-refractivity contribution is -0.134. The first-order chi connectivity index (χ1) is 31.7. The van der Waals surface area contributed by atoms with Crippen LogP contribution in [0.25, 0.3) is 16.6 Å². The number of aryl methyl sites for hydroxylation is 1. The molecule has 4 fully saturated rings. The molecule has 0 aliphatic carbocycles. The number of alkyl carbamates (subject to hydrolysis) is 1. The average Bonchev–Trinajstić information content (AvgIpc) is 4.00. The van der Waals surface area contributed by atoms with Crippen molar-refractivity contribution in [2.24, 2.45) is 7.05 Å². The summed E-state index contributed by atoms with van der Waals surface area (Å²) in [6.07, 6.45) is 5.04. The van der Waals surface area contributed by atoms with E-state index in [1.807, 2.05) is 43.5 Å². The van der Waals surface area contributed by atoms with E-state index in [0.29, 0.717) is 37.4 Å². The van der Waals surface area contributed by atoms with E-state index in [2.05, 4.69) is 53.0 Å². The molecule has 1 aromatic carbocycles. The van der Waals surface area contributed by atoms with E-state index >= 15 is 0 Å². The van der Waals surface area contributed by atoms with Crippen molar-refractivity contribution in [2.45, 2.75) is 89.3 Å². The predicted molar refractivity (Wildman–Crippen MR) is 242 cm³/mol. The van der Waals surface area contributed by atoms with Crippen LogP contribution in [0.5, 0.6) is 0 Å². The minimum atomic E-state index is -2.90. The minimum Gasteiger partial charge on any atom is -0.444 e. The maximum absolute atomic E-state index is 14.4. The van der Waals surface area contributed by atoms with Crippen LogP contribution < -0.4 is 25.8 Å². The Bertz CT molecular complexity index is 2600. The Labute approximate surface area is 380 Å². The second-order valence-corrected chi connectivity index (χ2v) is 18.8. The molecule has 352 valence electrons. The molecule has 3 N–H and O–H groups in total. The lowest BCUT2D eigenvalue weighted by atomic mass is 9.93. The number of hydrogen-bond acceptors (Lipinski definition) is 13. The summed E-state index contributed by atoms with van der Waals surface area (Å²) in [4.78, 5) is 64.5. The van der Waals surface area contributed by atoms with Crippen molar-refractivity contribution >= 4 is 57.6 Å². The molecule has 5 aromatic rings. The van der Waals surface area contributed by atoms with Gasteiger partial charge in [0.15, 0.2) is 11.3 Å². The maximum Gasteiger partial charge on any atom is 0.407 e. The number of alkyl halides is 2. The summed E-state index contributed by atoms with van der Waals surface area (Å²) in [7, 11) is 1.89. The number of rotatable bonds is 11. The molecule has 19 nitrogen and oxygen atoms in total. The summed E-state index contributed by atoms with van der Waals surface area (Å²) < 4.78 is 39.1. The van der Waals surface area contributed by atoms with Gasteiger partial charge >= 0.3 is 6.09 Å². The van der Waals surface area contributed by atoms with E-state index in [9.17, 15) is 28.0 Å². The van der Waals surface area contributed by atoms with Crippen LogP contribution in [-0.4, -0.2) is 145 Å². The van der Waals surface area contributed by atoms with Gasteiger partial charge in [-0.25, -0.2) is 23.1 Å². The number of piperidine rings is 3. The number of fused-ring (bicyclic) bond motifs is 2. The van der Waals surface area contributed by atoms with E-state index in [1.165, 1.54) is 16.9 Å². The number of likely N-dealkylation sites (tertiary alicyclic amines) is 1. The first-order valence-corrected chi connectivity index (χ1v) is 22.9. The molecule has 4 amide bonds. The maximum atomic E-state index is 14.4. The van der Waals surface area contributed by atoms with Crippen LogP contribution in [0.4, 0.5) is 30.8 Å². The Morgan fingerprint density at radius 2 is 1.70 bits per heavy atom. The normalized spacial score (nSPS) is 20.7. The third-order valence-corrected chi connectivity index (χ3v) is 13.1. The lowest BCUT2D eigenvalue weighted by Gasteiger charge is -2.38. The van der Waals surface area contributed by atoms with Crippen LogP contribution in [0.3, 0.4) is 0 Å². The molecule has 66 heavy (non-hydrogen) atoms. The standard InChI is InChI=1S/C45H58F2N14O5/c1-45(2,3)66-44(65)49-28-6-5-14-59(26-28)36-13-17-60-41(51-36)33(25-48-60)43(64)50-34-27-61(54-39(34)40(46)47)29-11-15-56(16-12-29)18-19-57-20-22-58(23-21-57)30-7-8-31-35(24-30)55(4)53-38(31)32-9-10-37(62)52-42(32)63/h7-8,13,17,24-25,27-29,32,40H,5-6,9-12,14-16,18-23,26H2,1-4H3,(H,49,65)(H,50,64)(H,52,62,63). The average molecular weight is 913 g/mol. The summed E-state index contributed by atoms with van der Waals surface area (Å²) in [6, 6.07) is 7.81. The van der Waals surface area contributed by atoms with Crippen molar-refractivity contribution in [1.29, 1.82) is 0 Å². The molecule has 4 aromatic heterocycles. The summed E-state index contributed by atoms with van der Waals surface area (Å²) in [5.41, 5.74) is 2.04. The quantitative estimate of drug-likeness (QED) is 0.158. The number of ether oxygens (including phenoxy) is 1. The van der Waals surface area contributed by atoms with E-state index in [4.69, 9.17) is 14.8 Å². The van der Waals surface area contributed by atoms with Crippen LogP contribution in [0.2, 0.25) is 0 Å². The van der Waals surface area contributed by atoms with Crippen molar-refractivity contribution in [1.82, 2.24) is 54.6 Å². The number of hydrogen-bond donors (Lipinski definition) is 3. The van der Waals surface area contributed by atoms with Gasteiger partial charge in [0.25, 0.3) is 12.3 Å². The van der Waals surface area contributed by atoms with Crippen molar-refractivity contribution in [3.8, 4) is 0 Å². The Hall–Kier alpha value is -6.22. The van der Waals surface area contributed by atoms with Gasteiger partial charge in [0, 0.05) is 108 Å². The van der Waals surface area contributed by atoms with Gasteiger partial charge in [-0.1, -0.05) is 0 Å². The number of carbonyl (C=O) groups is 4. The zero-order chi connectivity index (χ0) is 46.3. The van der Waals surface area contributed by atoms with Crippen LogP contribution >= 0.6 is 0 Å². The van der Waals surface area contributed by atoms with Gasteiger partial charge in [0.05, 0.1) is 35.1 Å². The number of nitrogens with zero attached hydrogens (tertiary/aromatic N) is 11. The molecule has 4 aliphatic rings. The Balaban J connectivity index is 0.760. The molecule has 0 spiro atoms. The van der Waals surface area contributed by atoms with Crippen LogP contribution in [0, 0.1) is 0 Å². The number of halogens is 2. The number of piperazine rings is 1. The Morgan fingerprint density at radius 3 is 2.42 bits per heavy atom. The highest BCUT2D eigenvalue weighted by molar-refractivity contribution is 6.08. The smallest absolute Gasteiger partial charge is 0.407 e. The third-order valence-electron chi connectivity index (χ3n) is 13.1. The molecule has 0 saturated carbocycles. The van der Waals surface area contributed by atoms with Crippen molar-refractivity contribution in [2.75, 3.05) is 80.6 Å². The highest BCUT2D eigenvalue weighted by atomic mass is 19.3. The molecule has 21 heteroatoms. The SMILES string of the molecule is Cn1nc(C2CCC(=O)NC2=O)c2ccc(N3CCN(CCN4CCC(n5cc(NC(=O)c6cnn7ccc(N8CCCC(NC(=O)OC(C)(C)C)C8)nc67)c(C(F)F)n5)CC4)CC3)cc21. The first kappa shape index (κ1) is 45.0. The fraction of sp³-hybridized carbons (Fsp3) is 0.556. The number of amides is 4. The second-order valence-electron chi connectivity index (χ2n) is 18.8. The zero-order valence-corrected chi connectivity index (χ0v) is 37.9. The molecule has 4 saturated heterocycles. The van der Waals surface area contributed by atoms with E-state index in [-0.39, 0.29) is 40.8 Å². The molecule has 0 radical (unpaired) electrons. The van der Waals surface area contributed by atoms with Crippen LogP contribution in [0.15, 0.2) is 42.9 Å². The van der Waals surface area contributed by atoms with E-state index in [1.54, 1.807) is 16.9 Å². The van der Waals surface area contributed by atoms with Gasteiger partial charge in [-0.15, -0.1) is 0 Å². The van der Waals surface area contributed by atoms with Gasteiger partial charge < -0.3 is 30.1 Å². The van der Waals surface area contributed by atoms with Crippen molar-refractivity contribution in [3.63, 3.8) is 0 Å². The zero-order valence-electron chi connectivity index (χ0n) is 37.9. The fourth-order valence-electron chi connectivity index (χ4n) is 9.61. The largest absolute Gasteiger partial charge is 0.444 e. The monoisotopic (exact) mass is 912 g/mol. The van der Waals surface area contributed by atoms with Gasteiger partial charge in [0.2, 0.25) is 11.8 Å². The van der Waals surface area contributed by atoms with Crippen LogP contribution in [0.1, 0.15) is 99.4 Å². The number of anilines is 3. The summed E-state index contributed by atoms with van der Waals surface area (Å²) in [6.45, 7) is 13.6. The predicted octanol–water partition coefficient (Wildman–Crippen LogP) is 4.48. The van der Waals surface area contributed by atoms with Gasteiger partial charge in [-0.2, -0.15) is 15.3 Å². The molecule has 0 bridgehead atoms. The molecule has 9 rings (SSSR count). The Morgan fingerprint density at radius 1 is 0.939 bits per heavy atom. The second kappa shape index (κ2) is 18.6. The molecule has 2 atom stereocenters. The highest BCUT2D eigenvalue weighted by Gasteiger charge is 2.33. The van der Waals surface area contributed by atoms with E-state index < -0.39 is 35.6 Å². The number of imide groups is 1. The summed E-state index contributed by atoms with van der Waals surface area (Å²) in [5.74, 6) is -0.983. The molecule has 2 unspecified atom stereocenters. The number of aromatic nitrogens is 7. The summed E-state index contributed by atoms with van der Waals surface area (Å²) in [5, 5.41) is 22.3. The number of carbonyl (C=O) groups excluding carboxylic acids is 4. The molecule has 8 heterocycles. The fourth-order valence-corrected chi connectivity index (χ4v) is 9.61. The molecular weight excluding hydrogens is 855 g/mol. The van der Waals surface area contributed by atoms with Gasteiger partial charge in [-0.3, -0.25) is 34.0 Å². The lowest BCUT2D eigenvalue weighted by Crippen LogP contribution is -2.49. The summed E-state index contributed by atoms with van der Waals surface area (Å²) >= 11 is 0. The van der Waals surface area contributed by atoms with Gasteiger partial charge in [-0.05, 0) is 77.1 Å². The topological polar surface area (TPSA) is 192 Å². The van der Waals surface area contributed by atoms with Gasteiger partial charge in [0.1, 0.15) is 17.0 Å². The number of benzene rings is 1. The minimum absolute atomic E-state index is 0.0450. The molecule has 4 aliphatic heterocycles. The highest BCUT2D eigenvalue weighted by Crippen LogP contribution is 2.34. The molecular formula is C45H58F2N14O5. The third kappa shape index (κ3) is 9.81. The Kier molecular flexibility index (Phi) is 12.7. The van der Waals surface area contributed by atoms with Crippen molar-refractivity contribution < 1.29 is 32.7 Å². The number of nitrogens with one attached hydrogen (secondary N) is 3. The van der Waals surface area contributed by atoms with Crippen LogP contribution in [-0.2, 0) is 21.4 Å². The first-order valence-electron chi connectivity index (χ1n) is 22.9. The van der Waals surface area contributed by atoms with E-state index in [0.717, 1.165) is 94.6 Å². The van der Waals surface area contributed by atoms with Crippen molar-refractivity contribution in [3.05, 3.63) is 59.8 Å².